The van der Waals surface area contributed by atoms with E-state index in [1.165, 1.54) is 0 Å². The largest absolute Gasteiger partial charge is 0.396 e. The fourth-order valence-corrected chi connectivity index (χ4v) is 1.20. The molecular weight excluding hydrogens is 124 g/mol. The molecule has 0 fully saturated rings. The normalized spacial score (nSPS) is 23.5. The first-order valence-corrected chi connectivity index (χ1v) is 3.87. The molecule has 0 aliphatic heterocycles. The lowest BCUT2D eigenvalue weighted by molar-refractivity contribution is 0.277. The molecule has 0 aromatic rings. The van der Waals surface area contributed by atoms with Crippen LogP contribution < -0.4 is 0 Å². The Morgan fingerprint density at radius 1 is 1.40 bits per heavy atom. The Balaban J connectivity index is 2.17. The van der Waals surface area contributed by atoms with Crippen LogP contribution in [0, 0.1) is 5.92 Å². The van der Waals surface area contributed by atoms with Crippen LogP contribution >= 0.6 is 0 Å². The highest BCUT2D eigenvalue weighted by atomic mass is 16.2. The number of rotatable bonds is 3. The van der Waals surface area contributed by atoms with Gasteiger partial charge in [-0.3, -0.25) is 0 Å². The second-order valence-electron chi connectivity index (χ2n) is 2.67. The molecule has 0 aromatic carbocycles. The lowest BCUT2D eigenvalue weighted by Crippen LogP contribution is -1.98. The zero-order valence-electron chi connectivity index (χ0n) is 6.16. The summed E-state index contributed by atoms with van der Waals surface area (Å²) >= 11 is 0. The molecule has 0 saturated carbocycles. The van der Waals surface area contributed by atoms with Crippen molar-refractivity contribution >= 4 is 0 Å². The highest BCUT2D eigenvalue weighted by Crippen LogP contribution is 2.16. The van der Waals surface area contributed by atoms with Crippen LogP contribution in [0.2, 0.25) is 0 Å². The van der Waals surface area contributed by atoms with E-state index < -0.39 is 0 Å². The van der Waals surface area contributed by atoms with Crippen molar-refractivity contribution in [3.8, 4) is 0 Å². The molecule has 0 bridgehead atoms. The third-order valence-corrected chi connectivity index (χ3v) is 1.80. The average molecular weight is 138 g/mol. The molecule has 1 atom stereocenters. The van der Waals surface area contributed by atoms with E-state index in [9.17, 15) is 0 Å². The maximum absolute atomic E-state index is 8.55. The van der Waals surface area contributed by atoms with E-state index in [0.29, 0.717) is 12.5 Å². The van der Waals surface area contributed by atoms with E-state index >= 15 is 0 Å². The molecule has 0 heterocycles. The van der Waals surface area contributed by atoms with Crippen LogP contribution in [0.4, 0.5) is 0 Å². The first kappa shape index (κ1) is 7.55. The molecule has 1 N–H and O–H groups in total. The van der Waals surface area contributed by atoms with Gasteiger partial charge in [0.05, 0.1) is 0 Å². The molecule has 1 nitrogen and oxygen atoms in total. The molecule has 56 valence electrons. The van der Waals surface area contributed by atoms with Gasteiger partial charge in [0.25, 0.3) is 0 Å². The lowest BCUT2D eigenvalue weighted by Gasteiger charge is -2.10. The van der Waals surface area contributed by atoms with E-state index in [4.69, 9.17) is 5.11 Å². The summed E-state index contributed by atoms with van der Waals surface area (Å²) < 4.78 is 0. The molecule has 1 unspecified atom stereocenters. The van der Waals surface area contributed by atoms with Crippen LogP contribution in [0.15, 0.2) is 24.3 Å². The predicted molar refractivity (Wildman–Crippen MR) is 42.7 cm³/mol. The van der Waals surface area contributed by atoms with Gasteiger partial charge in [0.1, 0.15) is 0 Å². The SMILES string of the molecule is OCCCC1C=CC=CC1. The summed E-state index contributed by atoms with van der Waals surface area (Å²) in [4.78, 5) is 0. The minimum atomic E-state index is 0.327. The molecule has 0 aromatic heterocycles. The second kappa shape index (κ2) is 4.29. The summed E-state index contributed by atoms with van der Waals surface area (Å²) in [5.41, 5.74) is 0. The molecule has 1 aliphatic carbocycles. The molecule has 0 amide bonds. The molecule has 0 radical (unpaired) electrons. The predicted octanol–water partition coefficient (Wildman–Crippen LogP) is 1.89. The number of hydrogen-bond donors (Lipinski definition) is 1. The Labute approximate surface area is 62.1 Å². The number of hydrogen-bond acceptors (Lipinski definition) is 1. The zero-order chi connectivity index (χ0) is 7.23. The highest BCUT2D eigenvalue weighted by molar-refractivity contribution is 5.10. The minimum Gasteiger partial charge on any atom is -0.396 e. The van der Waals surface area contributed by atoms with E-state index in [-0.39, 0.29) is 0 Å². The van der Waals surface area contributed by atoms with Crippen molar-refractivity contribution in [1.29, 1.82) is 0 Å². The van der Waals surface area contributed by atoms with Crippen molar-refractivity contribution < 1.29 is 5.11 Å². The van der Waals surface area contributed by atoms with Crippen molar-refractivity contribution in [3.63, 3.8) is 0 Å². The Hall–Kier alpha value is -0.560. The Bertz CT molecular complexity index is 136. The van der Waals surface area contributed by atoms with Gasteiger partial charge in [-0.25, -0.2) is 0 Å². The van der Waals surface area contributed by atoms with Crippen LogP contribution in [0.25, 0.3) is 0 Å². The second-order valence-corrected chi connectivity index (χ2v) is 2.67. The van der Waals surface area contributed by atoms with Gasteiger partial charge in [0.2, 0.25) is 0 Å². The minimum absolute atomic E-state index is 0.327. The maximum atomic E-state index is 8.55. The van der Waals surface area contributed by atoms with Crippen molar-refractivity contribution in [3.05, 3.63) is 24.3 Å². The van der Waals surface area contributed by atoms with Crippen molar-refractivity contribution in [2.24, 2.45) is 5.92 Å². The van der Waals surface area contributed by atoms with Crippen molar-refractivity contribution in [2.75, 3.05) is 6.61 Å². The quantitative estimate of drug-likeness (QED) is 0.631. The molecule has 0 spiro atoms. The van der Waals surface area contributed by atoms with E-state index in [2.05, 4.69) is 24.3 Å². The average Bonchev–Trinajstić information content (AvgIpc) is 2.03. The zero-order valence-corrected chi connectivity index (χ0v) is 6.16. The van der Waals surface area contributed by atoms with Crippen molar-refractivity contribution in [2.45, 2.75) is 19.3 Å². The van der Waals surface area contributed by atoms with Gasteiger partial charge < -0.3 is 5.11 Å². The van der Waals surface area contributed by atoms with Crippen molar-refractivity contribution in [1.82, 2.24) is 0 Å². The molecule has 1 rings (SSSR count). The van der Waals surface area contributed by atoms with Gasteiger partial charge in [0.15, 0.2) is 0 Å². The van der Waals surface area contributed by atoms with Gasteiger partial charge in [-0.1, -0.05) is 24.3 Å². The fourth-order valence-electron chi connectivity index (χ4n) is 1.20. The summed E-state index contributed by atoms with van der Waals surface area (Å²) in [5.74, 6) is 0.678. The molecule has 1 heteroatoms. The van der Waals surface area contributed by atoms with Gasteiger partial charge in [-0.05, 0) is 25.2 Å². The third kappa shape index (κ3) is 2.36. The van der Waals surface area contributed by atoms with Gasteiger partial charge in [0, 0.05) is 6.61 Å². The highest BCUT2D eigenvalue weighted by Gasteiger charge is 2.02. The van der Waals surface area contributed by atoms with Gasteiger partial charge in [-0.2, -0.15) is 0 Å². The smallest absolute Gasteiger partial charge is 0.0431 e. The van der Waals surface area contributed by atoms with E-state index in [0.717, 1.165) is 19.3 Å². The lowest BCUT2D eigenvalue weighted by atomic mass is 9.96. The summed E-state index contributed by atoms with van der Waals surface area (Å²) in [7, 11) is 0. The Kier molecular flexibility index (Phi) is 3.23. The van der Waals surface area contributed by atoms with Crippen LogP contribution in [0.1, 0.15) is 19.3 Å². The monoisotopic (exact) mass is 138 g/mol. The summed E-state index contributed by atoms with van der Waals surface area (Å²) in [5, 5.41) is 8.55. The molecule has 10 heavy (non-hydrogen) atoms. The van der Waals surface area contributed by atoms with E-state index in [1.807, 2.05) is 0 Å². The maximum Gasteiger partial charge on any atom is 0.0431 e. The van der Waals surface area contributed by atoms with Crippen LogP contribution in [-0.4, -0.2) is 11.7 Å². The van der Waals surface area contributed by atoms with Crippen LogP contribution in [0.5, 0.6) is 0 Å². The fraction of sp³-hybridized carbons (Fsp3) is 0.556. The topological polar surface area (TPSA) is 20.2 Å². The van der Waals surface area contributed by atoms with E-state index in [1.54, 1.807) is 0 Å². The molecular formula is C9H14O. The first-order valence-electron chi connectivity index (χ1n) is 3.87. The molecule has 0 saturated heterocycles. The summed E-state index contributed by atoms with van der Waals surface area (Å²) in [6.45, 7) is 0.327. The number of allylic oxidation sites excluding steroid dienone is 4. The van der Waals surface area contributed by atoms with Crippen LogP contribution in [-0.2, 0) is 0 Å². The number of aliphatic hydroxyl groups excluding tert-OH is 1. The summed E-state index contributed by atoms with van der Waals surface area (Å²) in [6.07, 6.45) is 11.8. The Morgan fingerprint density at radius 3 is 2.90 bits per heavy atom. The molecule has 1 aliphatic rings. The Morgan fingerprint density at radius 2 is 2.30 bits per heavy atom. The van der Waals surface area contributed by atoms with Gasteiger partial charge in [-0.15, -0.1) is 0 Å². The standard InChI is InChI=1S/C9H14O/c10-8-4-7-9-5-2-1-3-6-9/h1-3,5,9-10H,4,6-8H2. The van der Waals surface area contributed by atoms with Gasteiger partial charge >= 0.3 is 0 Å². The van der Waals surface area contributed by atoms with Crippen LogP contribution in [0.3, 0.4) is 0 Å². The summed E-state index contributed by atoms with van der Waals surface area (Å²) in [6, 6.07) is 0. The number of aliphatic hydroxyl groups is 1. The third-order valence-electron chi connectivity index (χ3n) is 1.80. The first-order chi connectivity index (χ1) is 4.93.